The van der Waals surface area contributed by atoms with E-state index < -0.39 is 0 Å². The Bertz CT molecular complexity index is 805. The molecular weight excluding hydrogens is 376 g/mol. The highest BCUT2D eigenvalue weighted by molar-refractivity contribution is 7.17. The number of aromatic nitrogens is 1. The maximum Gasteiger partial charge on any atom is 0.283 e. The first-order chi connectivity index (χ1) is 13.6. The summed E-state index contributed by atoms with van der Waals surface area (Å²) in [5.41, 5.74) is 9.68. The first kappa shape index (κ1) is 21.7. The lowest BCUT2D eigenvalue weighted by molar-refractivity contribution is 0.0958. The number of nitrogens with zero attached hydrogens (tertiary/aromatic N) is 2. The van der Waals surface area contributed by atoms with Gasteiger partial charge in [-0.15, -0.1) is 0 Å². The number of anilines is 1. The number of thiazole rings is 1. The lowest BCUT2D eigenvalue weighted by atomic mass is 10.2. The monoisotopic (exact) mass is 404 g/mol. The van der Waals surface area contributed by atoms with Gasteiger partial charge in [0.15, 0.2) is 16.6 Å². The average molecular weight is 405 g/mol. The summed E-state index contributed by atoms with van der Waals surface area (Å²) in [6.07, 6.45) is 5.50. The van der Waals surface area contributed by atoms with Crippen molar-refractivity contribution in [3.05, 3.63) is 34.3 Å². The van der Waals surface area contributed by atoms with Crippen LogP contribution in [-0.2, 0) is 6.42 Å². The molecule has 1 aromatic heterocycles. The van der Waals surface area contributed by atoms with Crippen molar-refractivity contribution < 1.29 is 14.3 Å². The molecule has 0 saturated carbocycles. The Hall–Kier alpha value is -2.61. The maximum absolute atomic E-state index is 12.3. The van der Waals surface area contributed by atoms with E-state index in [0.29, 0.717) is 46.8 Å². The van der Waals surface area contributed by atoms with Crippen molar-refractivity contribution in [3.63, 3.8) is 0 Å². The number of ether oxygens (including phenoxy) is 2. The van der Waals surface area contributed by atoms with Gasteiger partial charge in [-0.05, 0) is 43.5 Å². The zero-order chi connectivity index (χ0) is 20.4. The van der Waals surface area contributed by atoms with Crippen LogP contribution in [0, 0.1) is 0 Å². The summed E-state index contributed by atoms with van der Waals surface area (Å²) < 4.78 is 11.5. The molecule has 1 aromatic carbocycles. The number of nitrogens with one attached hydrogen (secondary N) is 1. The summed E-state index contributed by atoms with van der Waals surface area (Å²) in [7, 11) is 0. The number of carbonyl (C=O) groups excluding carboxylic acids is 1. The SMILES string of the molecule is CCCCCOc1ccc(/C=N\NC(=O)c2sc(N)nc2CC)cc1OCC. The van der Waals surface area contributed by atoms with Gasteiger partial charge in [0, 0.05) is 0 Å². The molecule has 0 spiro atoms. The number of aryl methyl sites for hydroxylation is 1. The Balaban J connectivity index is 2.02. The summed E-state index contributed by atoms with van der Waals surface area (Å²) in [5, 5.41) is 4.41. The quantitative estimate of drug-likeness (QED) is 0.335. The molecule has 7 nitrogen and oxygen atoms in total. The van der Waals surface area contributed by atoms with Gasteiger partial charge in [-0.2, -0.15) is 5.10 Å². The van der Waals surface area contributed by atoms with Crippen LogP contribution >= 0.6 is 11.3 Å². The topological polar surface area (TPSA) is 98.8 Å². The minimum Gasteiger partial charge on any atom is -0.490 e. The van der Waals surface area contributed by atoms with E-state index in [-0.39, 0.29) is 5.91 Å². The van der Waals surface area contributed by atoms with E-state index in [2.05, 4.69) is 22.4 Å². The first-order valence-electron chi connectivity index (χ1n) is 9.57. The molecule has 3 N–H and O–H groups in total. The van der Waals surface area contributed by atoms with E-state index in [1.54, 1.807) is 6.21 Å². The van der Waals surface area contributed by atoms with Gasteiger partial charge >= 0.3 is 0 Å². The van der Waals surface area contributed by atoms with Crippen LogP contribution in [-0.4, -0.2) is 30.3 Å². The lowest BCUT2D eigenvalue weighted by Gasteiger charge is -2.12. The molecule has 0 saturated heterocycles. The van der Waals surface area contributed by atoms with Crippen molar-refractivity contribution in [1.29, 1.82) is 0 Å². The first-order valence-corrected chi connectivity index (χ1v) is 10.4. The average Bonchev–Trinajstić information content (AvgIpc) is 3.07. The summed E-state index contributed by atoms with van der Waals surface area (Å²) in [5.74, 6) is 1.06. The lowest BCUT2D eigenvalue weighted by Crippen LogP contribution is -2.17. The Kier molecular flexibility index (Phi) is 8.74. The predicted molar refractivity (Wildman–Crippen MR) is 114 cm³/mol. The smallest absolute Gasteiger partial charge is 0.283 e. The Morgan fingerprint density at radius 2 is 2.07 bits per heavy atom. The molecule has 28 heavy (non-hydrogen) atoms. The Morgan fingerprint density at radius 1 is 1.25 bits per heavy atom. The van der Waals surface area contributed by atoms with Gasteiger partial charge in [0.25, 0.3) is 5.91 Å². The van der Waals surface area contributed by atoms with Gasteiger partial charge in [0.05, 0.1) is 25.1 Å². The molecule has 0 radical (unpaired) electrons. The van der Waals surface area contributed by atoms with E-state index in [9.17, 15) is 4.79 Å². The van der Waals surface area contributed by atoms with Crippen molar-refractivity contribution in [2.45, 2.75) is 46.5 Å². The summed E-state index contributed by atoms with van der Waals surface area (Å²) in [4.78, 5) is 16.9. The van der Waals surface area contributed by atoms with E-state index in [0.717, 1.165) is 36.2 Å². The highest BCUT2D eigenvalue weighted by atomic mass is 32.1. The van der Waals surface area contributed by atoms with Crippen molar-refractivity contribution in [1.82, 2.24) is 10.4 Å². The van der Waals surface area contributed by atoms with Crippen molar-refractivity contribution in [3.8, 4) is 11.5 Å². The number of unbranched alkanes of at least 4 members (excludes halogenated alkanes) is 2. The zero-order valence-electron chi connectivity index (χ0n) is 16.7. The second-order valence-electron chi connectivity index (χ2n) is 6.08. The number of benzene rings is 1. The fraction of sp³-hybridized carbons (Fsp3) is 0.450. The third-order valence-electron chi connectivity index (χ3n) is 3.91. The van der Waals surface area contributed by atoms with Gasteiger partial charge in [-0.25, -0.2) is 10.4 Å². The van der Waals surface area contributed by atoms with Crippen molar-refractivity contribution >= 4 is 28.6 Å². The summed E-state index contributed by atoms with van der Waals surface area (Å²) >= 11 is 1.16. The highest BCUT2D eigenvalue weighted by Crippen LogP contribution is 2.28. The number of hydrazone groups is 1. The van der Waals surface area contributed by atoms with Crippen LogP contribution in [0.5, 0.6) is 11.5 Å². The van der Waals surface area contributed by atoms with Crippen LogP contribution in [0.3, 0.4) is 0 Å². The molecule has 0 atom stereocenters. The molecule has 0 aliphatic rings. The van der Waals surface area contributed by atoms with Gasteiger partial charge in [-0.3, -0.25) is 4.79 Å². The summed E-state index contributed by atoms with van der Waals surface area (Å²) in [6.45, 7) is 7.21. The van der Waals surface area contributed by atoms with Crippen molar-refractivity contribution in [2.24, 2.45) is 5.10 Å². The molecule has 1 amide bonds. The van der Waals surface area contributed by atoms with E-state index in [1.807, 2.05) is 32.0 Å². The standard InChI is InChI=1S/C20H28N4O3S/c1-4-7-8-11-27-16-10-9-14(12-17(16)26-6-3)13-22-24-19(25)18-15(5-2)23-20(21)28-18/h9-10,12-13H,4-8,11H2,1-3H3,(H2,21,23)(H,24,25)/b22-13-. The van der Waals surface area contributed by atoms with Crippen LogP contribution in [0.1, 0.15) is 61.0 Å². The second-order valence-corrected chi connectivity index (χ2v) is 7.11. The number of nitrogens with two attached hydrogens (primary N) is 1. The molecule has 0 unspecified atom stereocenters. The molecule has 0 aliphatic carbocycles. The van der Waals surface area contributed by atoms with Gasteiger partial charge < -0.3 is 15.2 Å². The fourth-order valence-electron chi connectivity index (χ4n) is 2.53. The number of rotatable bonds is 11. The summed E-state index contributed by atoms with van der Waals surface area (Å²) in [6, 6.07) is 5.57. The minimum atomic E-state index is -0.316. The molecule has 0 fully saturated rings. The number of hydrogen-bond donors (Lipinski definition) is 2. The molecule has 1 heterocycles. The van der Waals surface area contributed by atoms with E-state index in [4.69, 9.17) is 15.2 Å². The number of carbonyl (C=O) groups is 1. The minimum absolute atomic E-state index is 0.316. The van der Waals surface area contributed by atoms with Crippen LogP contribution in [0.15, 0.2) is 23.3 Å². The molecule has 2 aromatic rings. The number of amides is 1. The molecular formula is C20H28N4O3S. The van der Waals surface area contributed by atoms with E-state index >= 15 is 0 Å². The van der Waals surface area contributed by atoms with Gasteiger partial charge in [0.2, 0.25) is 0 Å². The third-order valence-corrected chi connectivity index (χ3v) is 4.83. The second kappa shape index (κ2) is 11.3. The number of nitrogen functional groups attached to an aromatic ring is 1. The van der Waals surface area contributed by atoms with Crippen LogP contribution in [0.4, 0.5) is 5.13 Å². The Labute approximate surface area is 170 Å². The molecule has 2 rings (SSSR count). The molecule has 152 valence electrons. The number of hydrogen-bond acceptors (Lipinski definition) is 7. The van der Waals surface area contributed by atoms with Gasteiger partial charge in [-0.1, -0.05) is 38.0 Å². The van der Waals surface area contributed by atoms with Gasteiger partial charge in [0.1, 0.15) is 4.88 Å². The normalized spacial score (nSPS) is 11.0. The maximum atomic E-state index is 12.3. The van der Waals surface area contributed by atoms with Crippen molar-refractivity contribution in [2.75, 3.05) is 18.9 Å². The predicted octanol–water partition coefficient (Wildman–Crippen LogP) is 4.02. The van der Waals surface area contributed by atoms with Crippen LogP contribution < -0.4 is 20.6 Å². The van der Waals surface area contributed by atoms with E-state index in [1.165, 1.54) is 0 Å². The molecule has 0 aliphatic heterocycles. The van der Waals surface area contributed by atoms with Crippen LogP contribution in [0.2, 0.25) is 0 Å². The third kappa shape index (κ3) is 6.23. The molecule has 8 heteroatoms. The zero-order valence-corrected chi connectivity index (χ0v) is 17.5. The van der Waals surface area contributed by atoms with Crippen LogP contribution in [0.25, 0.3) is 0 Å². The largest absolute Gasteiger partial charge is 0.490 e. The highest BCUT2D eigenvalue weighted by Gasteiger charge is 2.15. The Morgan fingerprint density at radius 3 is 2.79 bits per heavy atom. The fourth-order valence-corrected chi connectivity index (χ4v) is 3.34. The molecule has 0 bridgehead atoms.